The molecule has 2 aromatic rings. The smallest absolute Gasteiger partial charge is 0.153 e. The molecule has 0 fully saturated rings. The van der Waals surface area contributed by atoms with Crippen LogP contribution in [0.25, 0.3) is 0 Å². The van der Waals surface area contributed by atoms with E-state index in [-0.39, 0.29) is 22.3 Å². The lowest BCUT2D eigenvalue weighted by Gasteiger charge is -2.21. The van der Waals surface area contributed by atoms with Gasteiger partial charge in [-0.3, -0.25) is 9.59 Å². The van der Waals surface area contributed by atoms with Crippen LogP contribution in [0.2, 0.25) is 0 Å². The standard InChI is InChI=1S/C27H36O4S2/c1-26(2,3)22-10-18(14-28)24(30)20(12-22)16-32-8-7-9-33-17-21-13-23(27(4,5)6)11-19(15-29)25(21)31/h10-15,30-31H,7-9,16-17H2,1-6H3. The molecule has 0 atom stereocenters. The highest BCUT2D eigenvalue weighted by molar-refractivity contribution is 7.99. The minimum atomic E-state index is -0.0961. The number of aromatic hydroxyl groups is 2. The SMILES string of the molecule is CC(C)(C)c1cc(C=O)c(O)c(CSCCCSCc2cc(C(C)(C)C)cc(C=O)c2O)c1. The topological polar surface area (TPSA) is 74.6 Å². The molecule has 2 N–H and O–H groups in total. The Kier molecular flexibility index (Phi) is 9.50. The van der Waals surface area contributed by atoms with E-state index < -0.39 is 0 Å². The second-order valence-electron chi connectivity index (χ2n) is 10.3. The van der Waals surface area contributed by atoms with Crippen molar-refractivity contribution in [2.45, 2.75) is 70.3 Å². The fourth-order valence-electron chi connectivity index (χ4n) is 3.33. The van der Waals surface area contributed by atoms with Gasteiger partial charge in [0, 0.05) is 22.6 Å². The van der Waals surface area contributed by atoms with Crippen LogP contribution < -0.4 is 0 Å². The first-order valence-corrected chi connectivity index (χ1v) is 13.5. The van der Waals surface area contributed by atoms with Gasteiger partial charge in [0.15, 0.2) is 12.6 Å². The fraction of sp³-hybridized carbons (Fsp3) is 0.481. The Balaban J connectivity index is 1.89. The molecular weight excluding hydrogens is 452 g/mol. The maximum Gasteiger partial charge on any atom is 0.153 e. The number of phenols is 2. The van der Waals surface area contributed by atoms with E-state index in [4.69, 9.17) is 0 Å². The van der Waals surface area contributed by atoms with Crippen molar-refractivity contribution in [1.29, 1.82) is 0 Å². The summed E-state index contributed by atoms with van der Waals surface area (Å²) in [7, 11) is 0. The molecule has 0 unspecified atom stereocenters. The summed E-state index contributed by atoms with van der Waals surface area (Å²) in [6.45, 7) is 12.6. The molecule has 0 aliphatic heterocycles. The van der Waals surface area contributed by atoms with Gasteiger partial charge in [0.25, 0.3) is 0 Å². The molecule has 0 saturated heterocycles. The summed E-state index contributed by atoms with van der Waals surface area (Å²) in [5.41, 5.74) is 4.18. The van der Waals surface area contributed by atoms with Crippen LogP contribution in [0, 0.1) is 0 Å². The average molecular weight is 489 g/mol. The number of hydrogen-bond acceptors (Lipinski definition) is 6. The lowest BCUT2D eigenvalue weighted by atomic mass is 9.85. The third-order valence-corrected chi connectivity index (χ3v) is 7.70. The number of thioether (sulfide) groups is 2. The summed E-state index contributed by atoms with van der Waals surface area (Å²) in [6, 6.07) is 7.54. The van der Waals surface area contributed by atoms with Crippen LogP contribution in [-0.2, 0) is 22.3 Å². The van der Waals surface area contributed by atoms with Crippen LogP contribution in [0.1, 0.15) is 90.9 Å². The second-order valence-corrected chi connectivity index (χ2v) is 12.6. The normalized spacial score (nSPS) is 12.1. The van der Waals surface area contributed by atoms with Crippen molar-refractivity contribution in [3.63, 3.8) is 0 Å². The van der Waals surface area contributed by atoms with Gasteiger partial charge < -0.3 is 10.2 Å². The largest absolute Gasteiger partial charge is 0.507 e. The van der Waals surface area contributed by atoms with Crippen LogP contribution >= 0.6 is 23.5 Å². The van der Waals surface area contributed by atoms with Gasteiger partial charge in [0.05, 0.1) is 11.1 Å². The zero-order chi connectivity index (χ0) is 24.8. The van der Waals surface area contributed by atoms with E-state index in [1.807, 2.05) is 12.1 Å². The molecule has 0 aliphatic carbocycles. The van der Waals surface area contributed by atoms with Gasteiger partial charge in [-0.1, -0.05) is 53.7 Å². The van der Waals surface area contributed by atoms with Gasteiger partial charge in [0.2, 0.25) is 0 Å². The second kappa shape index (κ2) is 11.5. The molecule has 0 amide bonds. The summed E-state index contributed by atoms with van der Waals surface area (Å²) < 4.78 is 0. The Hall–Kier alpha value is -1.92. The van der Waals surface area contributed by atoms with Crippen molar-refractivity contribution < 1.29 is 19.8 Å². The van der Waals surface area contributed by atoms with E-state index >= 15 is 0 Å². The molecular formula is C27H36O4S2. The number of aldehydes is 2. The molecule has 180 valence electrons. The fourth-order valence-corrected chi connectivity index (χ4v) is 5.38. The number of hydrogen-bond donors (Lipinski definition) is 2. The number of benzene rings is 2. The van der Waals surface area contributed by atoms with E-state index in [9.17, 15) is 19.8 Å². The Morgan fingerprint density at radius 3 is 1.36 bits per heavy atom. The van der Waals surface area contributed by atoms with E-state index in [1.54, 1.807) is 35.7 Å². The summed E-state index contributed by atoms with van der Waals surface area (Å²) in [6.07, 6.45) is 2.42. The molecule has 2 aromatic carbocycles. The quantitative estimate of drug-likeness (QED) is 0.281. The minimum Gasteiger partial charge on any atom is -0.507 e. The van der Waals surface area contributed by atoms with Crippen molar-refractivity contribution in [2.75, 3.05) is 11.5 Å². The first-order valence-electron chi connectivity index (χ1n) is 11.2. The predicted octanol–water partition coefficient (Wildman–Crippen LogP) is 6.87. The Bertz CT molecular complexity index is 906. The molecule has 6 heteroatoms. The van der Waals surface area contributed by atoms with Crippen molar-refractivity contribution >= 4 is 36.1 Å². The first-order chi connectivity index (χ1) is 15.4. The maximum absolute atomic E-state index is 11.4. The van der Waals surface area contributed by atoms with Crippen LogP contribution in [0.4, 0.5) is 0 Å². The van der Waals surface area contributed by atoms with Gasteiger partial charge in [-0.25, -0.2) is 0 Å². The van der Waals surface area contributed by atoms with Crippen LogP contribution in [0.3, 0.4) is 0 Å². The molecule has 0 heterocycles. The van der Waals surface area contributed by atoms with Crippen molar-refractivity contribution in [1.82, 2.24) is 0 Å². The zero-order valence-corrected chi connectivity index (χ0v) is 22.2. The number of phenolic OH excluding ortho intramolecular Hbond substituents is 2. The molecule has 0 radical (unpaired) electrons. The molecule has 4 nitrogen and oxygen atoms in total. The van der Waals surface area contributed by atoms with Gasteiger partial charge >= 0.3 is 0 Å². The highest BCUT2D eigenvalue weighted by Crippen LogP contribution is 2.34. The third kappa shape index (κ3) is 7.54. The molecule has 0 bridgehead atoms. The maximum atomic E-state index is 11.4. The molecule has 0 saturated carbocycles. The summed E-state index contributed by atoms with van der Waals surface area (Å²) in [5, 5.41) is 20.8. The van der Waals surface area contributed by atoms with Crippen molar-refractivity contribution in [3.8, 4) is 11.5 Å². The summed E-state index contributed by atoms with van der Waals surface area (Å²) >= 11 is 3.47. The highest BCUT2D eigenvalue weighted by Gasteiger charge is 2.19. The Labute approximate surface area is 206 Å². The van der Waals surface area contributed by atoms with Gasteiger partial charge in [-0.2, -0.15) is 23.5 Å². The lowest BCUT2D eigenvalue weighted by molar-refractivity contribution is 0.111. The molecule has 2 rings (SSSR count). The number of carbonyl (C=O) groups is 2. The monoisotopic (exact) mass is 488 g/mol. The van der Waals surface area contributed by atoms with E-state index in [2.05, 4.69) is 41.5 Å². The molecule has 33 heavy (non-hydrogen) atoms. The van der Waals surface area contributed by atoms with E-state index in [0.717, 1.165) is 52.8 Å². The number of rotatable bonds is 10. The average Bonchev–Trinajstić information content (AvgIpc) is 2.73. The number of carbonyl (C=O) groups excluding carboxylic acids is 2. The van der Waals surface area contributed by atoms with Gasteiger partial charge in [0.1, 0.15) is 11.5 Å². The minimum absolute atomic E-state index is 0.0834. The van der Waals surface area contributed by atoms with Gasteiger partial charge in [-0.15, -0.1) is 0 Å². The Morgan fingerprint density at radius 1 is 0.697 bits per heavy atom. The Morgan fingerprint density at radius 2 is 1.06 bits per heavy atom. The van der Waals surface area contributed by atoms with E-state index in [1.165, 1.54) is 0 Å². The predicted molar refractivity (Wildman–Crippen MR) is 141 cm³/mol. The molecule has 0 aromatic heterocycles. The molecule has 0 spiro atoms. The lowest BCUT2D eigenvalue weighted by Crippen LogP contribution is -2.12. The van der Waals surface area contributed by atoms with E-state index in [0.29, 0.717) is 22.6 Å². The van der Waals surface area contributed by atoms with Crippen LogP contribution in [-0.4, -0.2) is 34.3 Å². The van der Waals surface area contributed by atoms with Crippen LogP contribution in [0.15, 0.2) is 24.3 Å². The van der Waals surface area contributed by atoms with Gasteiger partial charge in [-0.05, 0) is 52.0 Å². The van der Waals surface area contributed by atoms with Crippen molar-refractivity contribution in [2.24, 2.45) is 0 Å². The summed E-state index contributed by atoms with van der Waals surface area (Å²) in [4.78, 5) is 22.7. The molecule has 0 aliphatic rings. The highest BCUT2D eigenvalue weighted by atomic mass is 32.2. The summed E-state index contributed by atoms with van der Waals surface area (Å²) in [5.74, 6) is 3.32. The van der Waals surface area contributed by atoms with Crippen LogP contribution in [0.5, 0.6) is 11.5 Å². The van der Waals surface area contributed by atoms with Crippen molar-refractivity contribution in [3.05, 3.63) is 57.6 Å². The zero-order valence-electron chi connectivity index (χ0n) is 20.5. The first kappa shape index (κ1) is 27.3. The third-order valence-electron chi connectivity index (χ3n) is 5.52.